The summed E-state index contributed by atoms with van der Waals surface area (Å²) in [5, 5.41) is 0.231. The quantitative estimate of drug-likeness (QED) is 0.726. The van der Waals surface area contributed by atoms with Crippen LogP contribution < -0.4 is 0 Å². The van der Waals surface area contributed by atoms with E-state index in [-0.39, 0.29) is 50.0 Å². The average molecular weight is 292 g/mol. The second-order valence-corrected chi connectivity index (χ2v) is 5.61. The van der Waals surface area contributed by atoms with Gasteiger partial charge in [-0.3, -0.25) is 4.79 Å². The molecule has 1 amide bonds. The van der Waals surface area contributed by atoms with Crippen LogP contribution in [0, 0.1) is 11.8 Å². The van der Waals surface area contributed by atoms with Gasteiger partial charge in [0.25, 0.3) is 5.24 Å². The molecule has 0 aliphatic rings. The third-order valence-electron chi connectivity index (χ3n) is 1.70. The van der Waals surface area contributed by atoms with E-state index in [9.17, 15) is 4.79 Å². The second-order valence-electron chi connectivity index (χ2n) is 4.39. The van der Waals surface area contributed by atoms with Crippen LogP contribution in [0.2, 0.25) is 0 Å². The van der Waals surface area contributed by atoms with Gasteiger partial charge in [-0.2, -0.15) is 0 Å². The molecule has 0 aliphatic carbocycles. The molecular formula is C11H25MgNOSTi. The molecule has 16 heavy (non-hydrogen) atoms. The Labute approximate surface area is 136 Å². The van der Waals surface area contributed by atoms with Crippen molar-refractivity contribution >= 4 is 40.1 Å². The van der Waals surface area contributed by atoms with E-state index in [1.807, 2.05) is 11.8 Å². The van der Waals surface area contributed by atoms with E-state index in [4.69, 9.17) is 0 Å². The Morgan fingerprint density at radius 2 is 1.50 bits per heavy atom. The van der Waals surface area contributed by atoms with Crippen LogP contribution in [0.3, 0.4) is 0 Å². The number of rotatable bonds is 5. The molecule has 0 unspecified atom stereocenters. The molecular weight excluding hydrogens is 266 g/mol. The standard InChI is InChI=1S/C11H23NOS.Mg.Ti.2H/c1-6-14-11(13)12(7-9(2)3)8-10(4)5;;;;/h9-10H,6-8H2,1-5H3;;;;. The fourth-order valence-corrected chi connectivity index (χ4v) is 1.90. The molecule has 0 fully saturated rings. The van der Waals surface area contributed by atoms with Crippen molar-refractivity contribution in [2.24, 2.45) is 11.8 Å². The van der Waals surface area contributed by atoms with Crippen molar-refractivity contribution in [3.8, 4) is 0 Å². The van der Waals surface area contributed by atoms with Gasteiger partial charge in [0, 0.05) is 34.8 Å². The van der Waals surface area contributed by atoms with E-state index in [2.05, 4.69) is 27.7 Å². The molecule has 0 aromatic heterocycles. The van der Waals surface area contributed by atoms with Crippen molar-refractivity contribution in [3.05, 3.63) is 0 Å². The summed E-state index contributed by atoms with van der Waals surface area (Å²) in [7, 11) is 0. The van der Waals surface area contributed by atoms with Crippen LogP contribution in [0.25, 0.3) is 0 Å². The first-order valence-corrected chi connectivity index (χ1v) is 6.37. The molecule has 92 valence electrons. The third-order valence-corrected chi connectivity index (χ3v) is 2.49. The van der Waals surface area contributed by atoms with E-state index in [1.54, 1.807) is 0 Å². The summed E-state index contributed by atoms with van der Waals surface area (Å²) in [6.45, 7) is 12.4. The Balaban J connectivity index is -0.000000845. The van der Waals surface area contributed by atoms with Gasteiger partial charge in [0.2, 0.25) is 0 Å². The van der Waals surface area contributed by atoms with Gasteiger partial charge in [0.05, 0.1) is 0 Å². The van der Waals surface area contributed by atoms with Crippen LogP contribution in [0.4, 0.5) is 4.79 Å². The van der Waals surface area contributed by atoms with Crippen LogP contribution >= 0.6 is 11.8 Å². The molecule has 0 radical (unpaired) electrons. The summed E-state index contributed by atoms with van der Waals surface area (Å²) in [5.74, 6) is 1.97. The maximum Gasteiger partial charge on any atom is 0.316 e. The third kappa shape index (κ3) is 11.8. The number of carbonyl (C=O) groups excluding carboxylic acids is 1. The number of carbonyl (C=O) groups is 1. The molecule has 0 aromatic carbocycles. The summed E-state index contributed by atoms with van der Waals surface area (Å²) in [6, 6.07) is 0. The number of thioether (sulfide) groups is 1. The maximum absolute atomic E-state index is 11.7. The topological polar surface area (TPSA) is 20.3 Å². The second kappa shape index (κ2) is 12.7. The molecule has 5 heteroatoms. The first kappa shape index (κ1) is 22.5. The van der Waals surface area contributed by atoms with Gasteiger partial charge in [0.1, 0.15) is 0 Å². The van der Waals surface area contributed by atoms with Crippen molar-refractivity contribution in [2.45, 2.75) is 34.6 Å². The summed E-state index contributed by atoms with van der Waals surface area (Å²) < 4.78 is 0. The van der Waals surface area contributed by atoms with Crippen LogP contribution in [0.5, 0.6) is 0 Å². The molecule has 0 N–H and O–H groups in total. The summed E-state index contributed by atoms with van der Waals surface area (Å²) in [5.41, 5.74) is 0. The number of hydrogen-bond acceptors (Lipinski definition) is 2. The van der Waals surface area contributed by atoms with E-state index < -0.39 is 0 Å². The van der Waals surface area contributed by atoms with Gasteiger partial charge in [-0.25, -0.2) is 0 Å². The first-order valence-electron chi connectivity index (χ1n) is 5.39. The fourth-order valence-electron chi connectivity index (χ4n) is 1.32. The van der Waals surface area contributed by atoms with E-state index >= 15 is 0 Å². The molecule has 0 saturated carbocycles. The van der Waals surface area contributed by atoms with Crippen molar-refractivity contribution in [3.63, 3.8) is 0 Å². The van der Waals surface area contributed by atoms with E-state index in [0.717, 1.165) is 18.8 Å². The molecule has 0 atom stereocenters. The Bertz CT molecular complexity index is 169. The number of amides is 1. The Hall–Kier alpha value is 1.30. The van der Waals surface area contributed by atoms with Gasteiger partial charge >= 0.3 is 23.1 Å². The predicted molar refractivity (Wildman–Crippen MR) is 73.3 cm³/mol. The molecule has 0 aromatic rings. The van der Waals surface area contributed by atoms with Crippen molar-refractivity contribution in [1.29, 1.82) is 0 Å². The summed E-state index contributed by atoms with van der Waals surface area (Å²) >= 11 is 1.41. The molecule has 2 nitrogen and oxygen atoms in total. The van der Waals surface area contributed by atoms with E-state index in [0.29, 0.717) is 11.8 Å². The average Bonchev–Trinajstić information content (AvgIpc) is 2.01. The molecule has 0 saturated heterocycles. The van der Waals surface area contributed by atoms with Crippen LogP contribution in [-0.2, 0) is 21.7 Å². The van der Waals surface area contributed by atoms with Crippen LogP contribution in [-0.4, -0.2) is 52.0 Å². The molecule has 0 rings (SSSR count). The minimum absolute atomic E-state index is 0. The summed E-state index contributed by atoms with van der Waals surface area (Å²) in [4.78, 5) is 13.7. The first-order chi connectivity index (χ1) is 6.47. The van der Waals surface area contributed by atoms with Gasteiger partial charge in [-0.05, 0) is 17.6 Å². The molecule has 0 heterocycles. The van der Waals surface area contributed by atoms with Crippen molar-refractivity contribution in [1.82, 2.24) is 4.90 Å². The number of hydrogen-bond donors (Lipinski definition) is 0. The monoisotopic (exact) mass is 291 g/mol. The fraction of sp³-hybridized carbons (Fsp3) is 0.909. The van der Waals surface area contributed by atoms with Gasteiger partial charge in [0.15, 0.2) is 0 Å². The van der Waals surface area contributed by atoms with Gasteiger partial charge in [-0.15, -0.1) is 0 Å². The zero-order chi connectivity index (χ0) is 11.1. The Morgan fingerprint density at radius 1 is 1.12 bits per heavy atom. The van der Waals surface area contributed by atoms with Gasteiger partial charge in [-0.1, -0.05) is 46.4 Å². The predicted octanol–water partition coefficient (Wildman–Crippen LogP) is 2.55. The zero-order valence-electron chi connectivity index (χ0n) is 10.5. The van der Waals surface area contributed by atoms with Gasteiger partial charge < -0.3 is 4.90 Å². The molecule has 0 bridgehead atoms. The van der Waals surface area contributed by atoms with E-state index in [1.165, 1.54) is 11.8 Å². The smallest absolute Gasteiger partial charge is 0.316 e. The molecule has 0 spiro atoms. The summed E-state index contributed by atoms with van der Waals surface area (Å²) in [6.07, 6.45) is 0. The number of nitrogens with zero attached hydrogens (tertiary/aromatic N) is 1. The van der Waals surface area contributed by atoms with Crippen LogP contribution in [0.15, 0.2) is 0 Å². The SMILES string of the molecule is CCSC(=O)N(CC(C)C)CC(C)C.[MgH2].[Ti]. The minimum Gasteiger partial charge on any atom is -0.333 e. The molecule has 0 aliphatic heterocycles. The van der Waals surface area contributed by atoms with Crippen molar-refractivity contribution in [2.75, 3.05) is 18.8 Å². The zero-order valence-corrected chi connectivity index (χ0v) is 12.9. The normalized spacial score (nSPS) is 9.69. The maximum atomic E-state index is 11.7. The Morgan fingerprint density at radius 3 is 1.75 bits per heavy atom. The largest absolute Gasteiger partial charge is 0.333 e. The van der Waals surface area contributed by atoms with Crippen LogP contribution in [0.1, 0.15) is 34.6 Å². The minimum atomic E-state index is 0. The Kier molecular flexibility index (Phi) is 17.9. The van der Waals surface area contributed by atoms with Crippen molar-refractivity contribution < 1.29 is 26.5 Å².